The van der Waals surface area contributed by atoms with Crippen LogP contribution in [0.3, 0.4) is 0 Å². The minimum atomic E-state index is 0.185. The van der Waals surface area contributed by atoms with Crippen LogP contribution in [0.2, 0.25) is 0 Å². The Bertz CT molecular complexity index is 579. The number of nitrogens with two attached hydrogens (primary N) is 1. The normalized spacial score (nSPS) is 22.0. The standard InChI is InChI=1S/C19H24N2/c1-14(15-7-3-2-4-8-15)11-12-21-19-13-18(20)16-9-5-6-10-17(16)19/h2-10,14,18-19,21H,11-13,20H2,1H3. The molecule has 2 aromatic rings. The average molecular weight is 280 g/mol. The third-order valence-corrected chi connectivity index (χ3v) is 4.60. The lowest BCUT2D eigenvalue weighted by Crippen LogP contribution is -2.22. The van der Waals surface area contributed by atoms with Crippen molar-refractivity contribution < 1.29 is 0 Å². The van der Waals surface area contributed by atoms with E-state index in [2.05, 4.69) is 66.8 Å². The van der Waals surface area contributed by atoms with Crippen LogP contribution in [0.15, 0.2) is 54.6 Å². The maximum Gasteiger partial charge on any atom is 0.0341 e. The summed E-state index contributed by atoms with van der Waals surface area (Å²) in [6, 6.07) is 19.9. The van der Waals surface area contributed by atoms with Crippen LogP contribution in [0.1, 0.15) is 54.5 Å². The first-order chi connectivity index (χ1) is 10.3. The molecule has 0 aliphatic heterocycles. The highest BCUT2D eigenvalue weighted by Gasteiger charge is 2.27. The molecule has 0 amide bonds. The largest absolute Gasteiger partial charge is 0.324 e. The fraction of sp³-hybridized carbons (Fsp3) is 0.368. The Labute approximate surface area is 127 Å². The van der Waals surface area contributed by atoms with Crippen molar-refractivity contribution in [2.75, 3.05) is 6.54 Å². The van der Waals surface area contributed by atoms with Gasteiger partial charge in [-0.15, -0.1) is 0 Å². The first-order valence-electron chi connectivity index (χ1n) is 7.88. The topological polar surface area (TPSA) is 38.0 Å². The molecule has 0 radical (unpaired) electrons. The number of hydrogen-bond donors (Lipinski definition) is 2. The summed E-state index contributed by atoms with van der Waals surface area (Å²) < 4.78 is 0. The second-order valence-corrected chi connectivity index (χ2v) is 6.08. The van der Waals surface area contributed by atoms with Crippen LogP contribution in [0.4, 0.5) is 0 Å². The third kappa shape index (κ3) is 3.17. The SMILES string of the molecule is CC(CCNC1CC(N)c2ccccc21)c1ccccc1. The Balaban J connectivity index is 1.55. The van der Waals surface area contributed by atoms with Gasteiger partial charge in [0.25, 0.3) is 0 Å². The first-order valence-corrected chi connectivity index (χ1v) is 7.88. The maximum absolute atomic E-state index is 6.22. The van der Waals surface area contributed by atoms with Crippen molar-refractivity contribution in [2.45, 2.75) is 37.8 Å². The lowest BCUT2D eigenvalue weighted by Gasteiger charge is -2.17. The highest BCUT2D eigenvalue weighted by atomic mass is 14.9. The van der Waals surface area contributed by atoms with Gasteiger partial charge in [-0.2, -0.15) is 0 Å². The molecular weight excluding hydrogens is 256 g/mol. The molecule has 1 aliphatic rings. The quantitative estimate of drug-likeness (QED) is 0.871. The molecule has 0 aromatic heterocycles. The van der Waals surface area contributed by atoms with Gasteiger partial charge < -0.3 is 11.1 Å². The van der Waals surface area contributed by atoms with Crippen molar-refractivity contribution in [2.24, 2.45) is 5.73 Å². The number of hydrogen-bond acceptors (Lipinski definition) is 2. The van der Waals surface area contributed by atoms with Gasteiger partial charge in [-0.3, -0.25) is 0 Å². The zero-order valence-corrected chi connectivity index (χ0v) is 12.6. The van der Waals surface area contributed by atoms with E-state index in [9.17, 15) is 0 Å². The monoisotopic (exact) mass is 280 g/mol. The highest BCUT2D eigenvalue weighted by molar-refractivity contribution is 5.37. The lowest BCUT2D eigenvalue weighted by molar-refractivity contribution is 0.479. The van der Waals surface area contributed by atoms with Gasteiger partial charge in [-0.25, -0.2) is 0 Å². The molecule has 3 unspecified atom stereocenters. The molecule has 2 nitrogen and oxygen atoms in total. The van der Waals surface area contributed by atoms with E-state index in [0.29, 0.717) is 12.0 Å². The molecule has 0 fully saturated rings. The Morgan fingerprint density at radius 2 is 1.71 bits per heavy atom. The van der Waals surface area contributed by atoms with Crippen LogP contribution in [0, 0.1) is 0 Å². The van der Waals surface area contributed by atoms with Crippen LogP contribution in [-0.2, 0) is 0 Å². The summed E-state index contributed by atoms with van der Waals surface area (Å²) in [7, 11) is 0. The summed E-state index contributed by atoms with van der Waals surface area (Å²) in [6.45, 7) is 3.33. The van der Waals surface area contributed by atoms with Gasteiger partial charge in [0.2, 0.25) is 0 Å². The third-order valence-electron chi connectivity index (χ3n) is 4.60. The van der Waals surface area contributed by atoms with E-state index < -0.39 is 0 Å². The first kappa shape index (κ1) is 14.3. The van der Waals surface area contributed by atoms with Gasteiger partial charge in [0, 0.05) is 12.1 Å². The molecule has 0 spiro atoms. The summed E-state index contributed by atoms with van der Waals surface area (Å²) >= 11 is 0. The summed E-state index contributed by atoms with van der Waals surface area (Å²) in [5.74, 6) is 0.587. The van der Waals surface area contributed by atoms with E-state index in [4.69, 9.17) is 5.73 Å². The fourth-order valence-electron chi connectivity index (χ4n) is 3.29. The van der Waals surface area contributed by atoms with Gasteiger partial charge in [-0.1, -0.05) is 61.5 Å². The summed E-state index contributed by atoms with van der Waals surface area (Å²) in [5, 5.41) is 3.69. The summed E-state index contributed by atoms with van der Waals surface area (Å²) in [5.41, 5.74) is 10.3. The molecule has 110 valence electrons. The molecule has 0 saturated heterocycles. The molecule has 3 rings (SSSR count). The maximum atomic E-state index is 6.22. The van der Waals surface area contributed by atoms with E-state index in [1.807, 2.05) is 0 Å². The molecule has 0 bridgehead atoms. The van der Waals surface area contributed by atoms with Crippen molar-refractivity contribution >= 4 is 0 Å². The van der Waals surface area contributed by atoms with Crippen LogP contribution in [0.25, 0.3) is 0 Å². The van der Waals surface area contributed by atoms with Crippen molar-refractivity contribution in [3.05, 3.63) is 71.3 Å². The molecule has 1 aliphatic carbocycles. The molecule has 2 aromatic carbocycles. The van der Waals surface area contributed by atoms with Crippen molar-refractivity contribution in [1.29, 1.82) is 0 Å². The Morgan fingerprint density at radius 3 is 2.48 bits per heavy atom. The smallest absolute Gasteiger partial charge is 0.0341 e. The van der Waals surface area contributed by atoms with Crippen molar-refractivity contribution in [3.8, 4) is 0 Å². The van der Waals surface area contributed by atoms with Crippen molar-refractivity contribution in [3.63, 3.8) is 0 Å². The number of fused-ring (bicyclic) bond motifs is 1. The van der Waals surface area contributed by atoms with E-state index in [-0.39, 0.29) is 6.04 Å². The molecule has 0 heterocycles. The number of rotatable bonds is 5. The molecule has 3 N–H and O–H groups in total. The lowest BCUT2D eigenvalue weighted by atomic mass is 9.98. The predicted octanol–water partition coefficient (Wildman–Crippen LogP) is 3.91. The van der Waals surface area contributed by atoms with E-state index in [1.165, 1.54) is 16.7 Å². The Kier molecular flexibility index (Phi) is 4.37. The van der Waals surface area contributed by atoms with E-state index in [0.717, 1.165) is 19.4 Å². The van der Waals surface area contributed by atoms with Gasteiger partial charge in [-0.05, 0) is 42.0 Å². The Hall–Kier alpha value is -1.64. The van der Waals surface area contributed by atoms with Crippen LogP contribution in [0.5, 0.6) is 0 Å². The second-order valence-electron chi connectivity index (χ2n) is 6.08. The summed E-state index contributed by atoms with van der Waals surface area (Å²) in [6.07, 6.45) is 2.16. The van der Waals surface area contributed by atoms with Gasteiger partial charge >= 0.3 is 0 Å². The number of nitrogens with one attached hydrogen (secondary N) is 1. The van der Waals surface area contributed by atoms with Crippen molar-refractivity contribution in [1.82, 2.24) is 5.32 Å². The minimum Gasteiger partial charge on any atom is -0.324 e. The number of benzene rings is 2. The van der Waals surface area contributed by atoms with Gasteiger partial charge in [0.15, 0.2) is 0 Å². The predicted molar refractivity (Wildman–Crippen MR) is 88.2 cm³/mol. The van der Waals surface area contributed by atoms with Crippen LogP contribution >= 0.6 is 0 Å². The average Bonchev–Trinajstić information content (AvgIpc) is 2.85. The Morgan fingerprint density at radius 1 is 1.05 bits per heavy atom. The fourth-order valence-corrected chi connectivity index (χ4v) is 3.29. The van der Waals surface area contributed by atoms with Crippen LogP contribution < -0.4 is 11.1 Å². The summed E-state index contributed by atoms with van der Waals surface area (Å²) in [4.78, 5) is 0. The van der Waals surface area contributed by atoms with Crippen LogP contribution in [-0.4, -0.2) is 6.54 Å². The second kappa shape index (κ2) is 6.42. The zero-order valence-electron chi connectivity index (χ0n) is 12.6. The van der Waals surface area contributed by atoms with Gasteiger partial charge in [0.05, 0.1) is 0 Å². The molecule has 2 heteroatoms. The van der Waals surface area contributed by atoms with E-state index in [1.54, 1.807) is 0 Å². The molecular formula is C19H24N2. The zero-order chi connectivity index (χ0) is 14.7. The minimum absolute atomic E-state index is 0.185. The van der Waals surface area contributed by atoms with E-state index >= 15 is 0 Å². The molecule has 21 heavy (non-hydrogen) atoms. The molecule has 0 saturated carbocycles. The van der Waals surface area contributed by atoms with Gasteiger partial charge in [0.1, 0.15) is 0 Å². The highest BCUT2D eigenvalue weighted by Crippen LogP contribution is 2.36. The molecule has 3 atom stereocenters.